The minimum Gasteiger partial charge on any atom is -0.399 e. The lowest BCUT2D eigenvalue weighted by Crippen LogP contribution is -2.23. The zero-order valence-corrected chi connectivity index (χ0v) is 10.2. The van der Waals surface area contributed by atoms with Crippen molar-refractivity contribution in [1.29, 1.82) is 0 Å². The lowest BCUT2D eigenvalue weighted by atomic mass is 10.1. The summed E-state index contributed by atoms with van der Waals surface area (Å²) in [7, 11) is 0. The summed E-state index contributed by atoms with van der Waals surface area (Å²) in [5, 5.41) is 0. The van der Waals surface area contributed by atoms with Gasteiger partial charge in [0.05, 0.1) is 0 Å². The van der Waals surface area contributed by atoms with Crippen molar-refractivity contribution in [2.24, 2.45) is 5.92 Å². The van der Waals surface area contributed by atoms with Gasteiger partial charge >= 0.3 is 0 Å². The molecule has 2 heteroatoms. The molecule has 0 aromatic heterocycles. The maximum absolute atomic E-state index is 5.94. The van der Waals surface area contributed by atoms with E-state index < -0.39 is 0 Å². The third kappa shape index (κ3) is 2.76. The molecule has 0 radical (unpaired) electrons. The van der Waals surface area contributed by atoms with Crippen LogP contribution in [0.15, 0.2) is 24.3 Å². The van der Waals surface area contributed by atoms with Crippen LogP contribution in [0.2, 0.25) is 0 Å². The molecule has 2 N–H and O–H groups in total. The molecule has 1 saturated heterocycles. The van der Waals surface area contributed by atoms with Crippen molar-refractivity contribution in [3.63, 3.8) is 0 Å². The zero-order chi connectivity index (χ0) is 11.4. The molecule has 2 rings (SSSR count). The molecule has 0 bridgehead atoms. The smallest absolute Gasteiger partial charge is 0.0347 e. The Morgan fingerprint density at radius 3 is 2.88 bits per heavy atom. The molecule has 0 aliphatic carbocycles. The van der Waals surface area contributed by atoms with Gasteiger partial charge in [0.15, 0.2) is 0 Å². The number of hydrogen-bond donors (Lipinski definition) is 1. The number of nitrogens with two attached hydrogens (primary N) is 1. The second kappa shape index (κ2) is 5.35. The molecule has 2 nitrogen and oxygen atoms in total. The fraction of sp³-hybridized carbons (Fsp3) is 0.571. The topological polar surface area (TPSA) is 29.3 Å². The first kappa shape index (κ1) is 11.5. The number of nitrogen functional groups attached to an aromatic ring is 1. The molecule has 1 aromatic carbocycles. The van der Waals surface area contributed by atoms with Crippen molar-refractivity contribution in [1.82, 2.24) is 4.90 Å². The molecule has 1 unspecified atom stereocenters. The summed E-state index contributed by atoms with van der Waals surface area (Å²) in [4.78, 5) is 2.57. The van der Waals surface area contributed by atoms with Crippen LogP contribution in [-0.2, 0) is 6.42 Å². The van der Waals surface area contributed by atoms with Crippen LogP contribution < -0.4 is 5.73 Å². The summed E-state index contributed by atoms with van der Waals surface area (Å²) < 4.78 is 0. The van der Waals surface area contributed by atoms with Gasteiger partial charge in [-0.15, -0.1) is 0 Å². The van der Waals surface area contributed by atoms with Crippen LogP contribution in [0.5, 0.6) is 0 Å². The van der Waals surface area contributed by atoms with Crippen molar-refractivity contribution in [3.8, 4) is 0 Å². The second-order valence-corrected chi connectivity index (χ2v) is 4.81. The first-order valence-electron chi connectivity index (χ1n) is 6.35. The maximum atomic E-state index is 5.94. The molecular formula is C14H22N2. The van der Waals surface area contributed by atoms with E-state index >= 15 is 0 Å². The Bertz CT molecular complexity index is 335. The van der Waals surface area contributed by atoms with E-state index in [9.17, 15) is 0 Å². The number of likely N-dealkylation sites (tertiary alicyclic amines) is 1. The highest BCUT2D eigenvalue weighted by molar-refractivity contribution is 5.46. The molecule has 1 aromatic rings. The number of nitrogens with zero attached hydrogens (tertiary/aromatic N) is 1. The van der Waals surface area contributed by atoms with Crippen LogP contribution >= 0.6 is 0 Å². The zero-order valence-electron chi connectivity index (χ0n) is 10.2. The summed E-state index contributed by atoms with van der Waals surface area (Å²) in [5.41, 5.74) is 8.17. The third-order valence-corrected chi connectivity index (χ3v) is 3.70. The highest BCUT2D eigenvalue weighted by Crippen LogP contribution is 2.20. The highest BCUT2D eigenvalue weighted by Gasteiger charge is 2.20. The van der Waals surface area contributed by atoms with E-state index in [0.717, 1.165) is 24.6 Å². The van der Waals surface area contributed by atoms with E-state index in [4.69, 9.17) is 5.73 Å². The van der Waals surface area contributed by atoms with E-state index in [2.05, 4.69) is 24.0 Å². The van der Waals surface area contributed by atoms with Gasteiger partial charge in [0.2, 0.25) is 0 Å². The summed E-state index contributed by atoms with van der Waals surface area (Å²) in [6.07, 6.45) is 3.79. The Kier molecular flexibility index (Phi) is 3.83. The summed E-state index contributed by atoms with van der Waals surface area (Å²) >= 11 is 0. The van der Waals surface area contributed by atoms with Gasteiger partial charge in [-0.25, -0.2) is 0 Å². The van der Waals surface area contributed by atoms with Gasteiger partial charge < -0.3 is 10.6 Å². The van der Waals surface area contributed by atoms with Gasteiger partial charge in [-0.2, -0.15) is 0 Å². The van der Waals surface area contributed by atoms with Crippen LogP contribution in [0.25, 0.3) is 0 Å². The van der Waals surface area contributed by atoms with Crippen molar-refractivity contribution in [2.75, 3.05) is 25.4 Å². The number of rotatable bonds is 4. The maximum Gasteiger partial charge on any atom is 0.0347 e. The van der Waals surface area contributed by atoms with E-state index in [-0.39, 0.29) is 0 Å². The lowest BCUT2D eigenvalue weighted by molar-refractivity contribution is 0.327. The average molecular weight is 218 g/mol. The summed E-state index contributed by atoms with van der Waals surface area (Å²) in [6.45, 7) is 6.00. The van der Waals surface area contributed by atoms with Gasteiger partial charge in [0, 0.05) is 18.8 Å². The van der Waals surface area contributed by atoms with E-state index in [0.29, 0.717) is 0 Å². The van der Waals surface area contributed by atoms with Crippen molar-refractivity contribution in [2.45, 2.75) is 26.2 Å². The van der Waals surface area contributed by atoms with Crippen molar-refractivity contribution < 1.29 is 0 Å². The Morgan fingerprint density at radius 1 is 1.38 bits per heavy atom. The van der Waals surface area contributed by atoms with Gasteiger partial charge in [0.1, 0.15) is 0 Å². The predicted octanol–water partition coefficient (Wildman–Crippen LogP) is 2.54. The minimum atomic E-state index is 0.924. The van der Waals surface area contributed by atoms with Gasteiger partial charge in [-0.05, 0) is 36.9 Å². The molecule has 1 aliphatic rings. The van der Waals surface area contributed by atoms with Crippen molar-refractivity contribution >= 4 is 5.69 Å². The fourth-order valence-corrected chi connectivity index (χ4v) is 2.49. The van der Waals surface area contributed by atoms with Gasteiger partial charge in [0.25, 0.3) is 0 Å². The Labute approximate surface area is 98.4 Å². The monoisotopic (exact) mass is 218 g/mol. The molecule has 1 aliphatic heterocycles. The first-order valence-corrected chi connectivity index (χ1v) is 6.35. The quantitative estimate of drug-likeness (QED) is 0.787. The van der Waals surface area contributed by atoms with Gasteiger partial charge in [-0.1, -0.05) is 31.5 Å². The largest absolute Gasteiger partial charge is 0.399 e. The number of hydrogen-bond acceptors (Lipinski definition) is 2. The number of anilines is 1. The molecule has 16 heavy (non-hydrogen) atoms. The van der Waals surface area contributed by atoms with Crippen molar-refractivity contribution in [3.05, 3.63) is 29.8 Å². The lowest BCUT2D eigenvalue weighted by Gasteiger charge is -2.16. The predicted molar refractivity (Wildman–Crippen MR) is 69.4 cm³/mol. The molecule has 1 fully saturated rings. The van der Waals surface area contributed by atoms with E-state index in [1.54, 1.807) is 0 Å². The Hall–Kier alpha value is -1.02. The number of benzene rings is 1. The van der Waals surface area contributed by atoms with E-state index in [1.807, 2.05) is 12.1 Å². The van der Waals surface area contributed by atoms with Crippen LogP contribution in [-0.4, -0.2) is 24.5 Å². The normalized spacial score (nSPS) is 21.4. The molecule has 1 heterocycles. The van der Waals surface area contributed by atoms with Crippen LogP contribution in [0, 0.1) is 5.92 Å². The fourth-order valence-electron chi connectivity index (χ4n) is 2.49. The second-order valence-electron chi connectivity index (χ2n) is 4.81. The minimum absolute atomic E-state index is 0.924. The Balaban J connectivity index is 1.82. The van der Waals surface area contributed by atoms with E-state index in [1.165, 1.54) is 31.5 Å². The van der Waals surface area contributed by atoms with Crippen LogP contribution in [0.4, 0.5) is 5.69 Å². The molecule has 0 spiro atoms. The molecule has 0 saturated carbocycles. The summed E-state index contributed by atoms with van der Waals surface area (Å²) in [5.74, 6) is 0.924. The molecule has 1 atom stereocenters. The third-order valence-electron chi connectivity index (χ3n) is 3.70. The molecule has 0 amide bonds. The number of para-hydroxylation sites is 1. The molecule has 88 valence electrons. The SMILES string of the molecule is CCC1CCN(CCc2ccccc2N)C1. The first-order chi connectivity index (χ1) is 7.79. The van der Waals surface area contributed by atoms with Gasteiger partial charge in [-0.3, -0.25) is 0 Å². The van der Waals surface area contributed by atoms with Crippen LogP contribution in [0.1, 0.15) is 25.3 Å². The average Bonchev–Trinajstić information content (AvgIpc) is 2.76. The molecular weight excluding hydrogens is 196 g/mol. The summed E-state index contributed by atoms with van der Waals surface area (Å²) in [6, 6.07) is 8.21. The standard InChI is InChI=1S/C14H22N2/c1-2-12-7-9-16(11-12)10-8-13-5-3-4-6-14(13)15/h3-6,12H,2,7-11,15H2,1H3. The Morgan fingerprint density at radius 2 is 2.19 bits per heavy atom. The van der Waals surface area contributed by atoms with Crippen LogP contribution in [0.3, 0.4) is 0 Å². The highest BCUT2D eigenvalue weighted by atomic mass is 15.1.